The minimum atomic E-state index is -4.31. The SMILES string of the molecule is Cc1occc1C(Cl)Cc1ccc(C(F)(F)F)cc1. The van der Waals surface area contributed by atoms with Gasteiger partial charge in [0.25, 0.3) is 0 Å². The topological polar surface area (TPSA) is 13.1 Å². The van der Waals surface area contributed by atoms with E-state index in [1.807, 2.05) is 0 Å². The Morgan fingerprint density at radius 1 is 1.16 bits per heavy atom. The van der Waals surface area contributed by atoms with Crippen molar-refractivity contribution in [2.45, 2.75) is 24.9 Å². The predicted octanol–water partition coefficient (Wildman–Crippen LogP) is 5.13. The van der Waals surface area contributed by atoms with Crippen molar-refractivity contribution in [3.8, 4) is 0 Å². The summed E-state index contributed by atoms with van der Waals surface area (Å²) in [5, 5.41) is -0.310. The van der Waals surface area contributed by atoms with Gasteiger partial charge in [-0.25, -0.2) is 0 Å². The standard InChI is InChI=1S/C14H12ClF3O/c1-9-12(6-7-19-9)13(15)8-10-2-4-11(5-3-10)14(16,17)18/h2-7,13H,8H2,1H3. The van der Waals surface area contributed by atoms with Crippen LogP contribution in [0.15, 0.2) is 41.0 Å². The third kappa shape index (κ3) is 3.32. The number of benzene rings is 1. The van der Waals surface area contributed by atoms with Crippen molar-refractivity contribution in [1.82, 2.24) is 0 Å². The van der Waals surface area contributed by atoms with Crippen molar-refractivity contribution < 1.29 is 17.6 Å². The molecule has 0 saturated heterocycles. The maximum atomic E-state index is 12.4. The molecule has 0 aliphatic carbocycles. The van der Waals surface area contributed by atoms with Crippen LogP contribution in [0.1, 0.15) is 27.8 Å². The van der Waals surface area contributed by atoms with Crippen molar-refractivity contribution in [3.63, 3.8) is 0 Å². The minimum absolute atomic E-state index is 0.310. The summed E-state index contributed by atoms with van der Waals surface area (Å²) >= 11 is 6.23. The Bertz CT molecular complexity index is 543. The maximum Gasteiger partial charge on any atom is 0.416 e. The smallest absolute Gasteiger partial charge is 0.416 e. The second kappa shape index (κ2) is 5.29. The second-order valence-electron chi connectivity index (χ2n) is 4.30. The van der Waals surface area contributed by atoms with Crippen LogP contribution in [0.25, 0.3) is 0 Å². The van der Waals surface area contributed by atoms with Gasteiger partial charge < -0.3 is 4.42 Å². The van der Waals surface area contributed by atoms with Gasteiger partial charge in [-0.3, -0.25) is 0 Å². The van der Waals surface area contributed by atoms with E-state index in [1.165, 1.54) is 12.1 Å². The summed E-state index contributed by atoms with van der Waals surface area (Å²) in [6.45, 7) is 1.80. The lowest BCUT2D eigenvalue weighted by molar-refractivity contribution is -0.137. The zero-order chi connectivity index (χ0) is 14.0. The van der Waals surface area contributed by atoms with Gasteiger partial charge >= 0.3 is 6.18 Å². The summed E-state index contributed by atoms with van der Waals surface area (Å²) < 4.78 is 42.4. The summed E-state index contributed by atoms with van der Waals surface area (Å²) in [6, 6.07) is 6.82. The second-order valence-corrected chi connectivity index (χ2v) is 4.83. The number of alkyl halides is 4. The maximum absolute atomic E-state index is 12.4. The molecule has 2 rings (SSSR count). The van der Waals surface area contributed by atoms with Crippen LogP contribution in [0.2, 0.25) is 0 Å². The Kier molecular flexibility index (Phi) is 3.90. The molecule has 0 spiro atoms. The van der Waals surface area contributed by atoms with Crippen LogP contribution in [0.5, 0.6) is 0 Å². The summed E-state index contributed by atoms with van der Waals surface area (Å²) in [7, 11) is 0. The highest BCUT2D eigenvalue weighted by Gasteiger charge is 2.30. The molecule has 1 aromatic carbocycles. The van der Waals surface area contributed by atoms with E-state index in [-0.39, 0.29) is 5.38 Å². The molecule has 2 aromatic rings. The summed E-state index contributed by atoms with van der Waals surface area (Å²) in [6.07, 6.45) is -2.30. The lowest BCUT2D eigenvalue weighted by Crippen LogP contribution is -2.05. The molecule has 1 aromatic heterocycles. The molecule has 1 nitrogen and oxygen atoms in total. The largest absolute Gasteiger partial charge is 0.469 e. The van der Waals surface area contributed by atoms with Crippen LogP contribution in [0, 0.1) is 6.92 Å². The van der Waals surface area contributed by atoms with Crippen LogP contribution in [0.4, 0.5) is 13.2 Å². The first-order valence-corrected chi connectivity index (χ1v) is 6.16. The summed E-state index contributed by atoms with van der Waals surface area (Å²) in [4.78, 5) is 0. The average molecular weight is 289 g/mol. The molecule has 0 aliphatic rings. The van der Waals surface area contributed by atoms with E-state index >= 15 is 0 Å². The fraction of sp³-hybridized carbons (Fsp3) is 0.286. The van der Waals surface area contributed by atoms with Crippen LogP contribution < -0.4 is 0 Å². The third-order valence-electron chi connectivity index (χ3n) is 2.93. The Labute approximate surface area is 114 Å². The Morgan fingerprint density at radius 3 is 2.26 bits per heavy atom. The normalized spacial score (nSPS) is 13.5. The molecule has 0 fully saturated rings. The average Bonchev–Trinajstić information content (AvgIpc) is 2.75. The molecule has 0 amide bonds. The Morgan fingerprint density at radius 2 is 1.79 bits per heavy atom. The first kappa shape index (κ1) is 14.0. The molecule has 1 unspecified atom stereocenters. The molecule has 5 heteroatoms. The van der Waals surface area contributed by atoms with Gasteiger partial charge in [0.15, 0.2) is 0 Å². The van der Waals surface area contributed by atoms with Gasteiger partial charge in [0, 0.05) is 5.56 Å². The van der Waals surface area contributed by atoms with Crippen molar-refractivity contribution in [2.75, 3.05) is 0 Å². The van der Waals surface area contributed by atoms with E-state index in [4.69, 9.17) is 16.0 Å². The molecular weight excluding hydrogens is 277 g/mol. The highest BCUT2D eigenvalue weighted by atomic mass is 35.5. The molecule has 0 bridgehead atoms. The number of hydrogen-bond donors (Lipinski definition) is 0. The minimum Gasteiger partial charge on any atom is -0.469 e. The molecule has 0 aliphatic heterocycles. The first-order valence-electron chi connectivity index (χ1n) is 5.72. The highest BCUT2D eigenvalue weighted by Crippen LogP contribution is 2.31. The van der Waals surface area contributed by atoms with Gasteiger partial charge in [0.05, 0.1) is 17.2 Å². The molecule has 1 atom stereocenters. The fourth-order valence-electron chi connectivity index (χ4n) is 1.87. The van der Waals surface area contributed by atoms with Gasteiger partial charge in [0.2, 0.25) is 0 Å². The molecule has 1 heterocycles. The summed E-state index contributed by atoms with van der Waals surface area (Å²) in [5.74, 6) is 0.729. The predicted molar refractivity (Wildman–Crippen MR) is 67.2 cm³/mol. The Balaban J connectivity index is 2.10. The number of rotatable bonds is 3. The highest BCUT2D eigenvalue weighted by molar-refractivity contribution is 6.21. The lowest BCUT2D eigenvalue weighted by atomic mass is 10.0. The van der Waals surface area contributed by atoms with Gasteiger partial charge in [-0.15, -0.1) is 11.6 Å². The molecular formula is C14H12ClF3O. The quantitative estimate of drug-likeness (QED) is 0.714. The van der Waals surface area contributed by atoms with Crippen LogP contribution in [-0.4, -0.2) is 0 Å². The van der Waals surface area contributed by atoms with Crippen molar-refractivity contribution >= 4 is 11.6 Å². The van der Waals surface area contributed by atoms with E-state index in [0.29, 0.717) is 6.42 Å². The molecule has 19 heavy (non-hydrogen) atoms. The zero-order valence-electron chi connectivity index (χ0n) is 10.2. The number of aryl methyl sites for hydroxylation is 1. The molecule has 0 saturated carbocycles. The van der Waals surface area contributed by atoms with Crippen LogP contribution in [-0.2, 0) is 12.6 Å². The van der Waals surface area contributed by atoms with Gasteiger partial charge in [-0.1, -0.05) is 12.1 Å². The van der Waals surface area contributed by atoms with Crippen molar-refractivity contribution in [1.29, 1.82) is 0 Å². The van der Waals surface area contributed by atoms with E-state index in [0.717, 1.165) is 29.0 Å². The van der Waals surface area contributed by atoms with Crippen LogP contribution in [0.3, 0.4) is 0 Å². The third-order valence-corrected chi connectivity index (χ3v) is 3.32. The number of hydrogen-bond acceptors (Lipinski definition) is 1. The number of furan rings is 1. The van der Waals surface area contributed by atoms with Gasteiger partial charge in [0.1, 0.15) is 5.76 Å². The summed E-state index contributed by atoms with van der Waals surface area (Å²) in [5.41, 5.74) is 0.969. The van der Waals surface area contributed by atoms with E-state index in [9.17, 15) is 13.2 Å². The monoisotopic (exact) mass is 288 g/mol. The van der Waals surface area contributed by atoms with E-state index < -0.39 is 11.7 Å². The van der Waals surface area contributed by atoms with Gasteiger partial charge in [-0.05, 0) is 37.1 Å². The fourth-order valence-corrected chi connectivity index (χ4v) is 2.27. The lowest BCUT2D eigenvalue weighted by Gasteiger charge is -2.10. The molecule has 0 N–H and O–H groups in total. The van der Waals surface area contributed by atoms with Crippen molar-refractivity contribution in [3.05, 3.63) is 59.0 Å². The molecule has 102 valence electrons. The zero-order valence-corrected chi connectivity index (χ0v) is 10.9. The van der Waals surface area contributed by atoms with E-state index in [1.54, 1.807) is 19.3 Å². The Hall–Kier alpha value is -1.42. The van der Waals surface area contributed by atoms with E-state index in [2.05, 4.69) is 0 Å². The number of halogens is 4. The van der Waals surface area contributed by atoms with Crippen molar-refractivity contribution in [2.24, 2.45) is 0 Å². The van der Waals surface area contributed by atoms with Gasteiger partial charge in [-0.2, -0.15) is 13.2 Å². The van der Waals surface area contributed by atoms with Crippen LogP contribution >= 0.6 is 11.6 Å². The molecule has 0 radical (unpaired) electrons. The first-order chi connectivity index (χ1) is 8.88.